The van der Waals surface area contributed by atoms with Gasteiger partial charge in [-0.1, -0.05) is 34.1 Å². The van der Waals surface area contributed by atoms with Gasteiger partial charge in [0.15, 0.2) is 11.5 Å². The average Bonchev–Trinajstić information content (AvgIpc) is 3.18. The van der Waals surface area contributed by atoms with Crippen LogP contribution in [0.1, 0.15) is 64.1 Å². The van der Waals surface area contributed by atoms with Crippen molar-refractivity contribution in [1.29, 1.82) is 0 Å². The van der Waals surface area contributed by atoms with Crippen molar-refractivity contribution in [3.05, 3.63) is 23.3 Å². The van der Waals surface area contributed by atoms with E-state index in [0.717, 1.165) is 11.1 Å². The molecule has 0 bridgehead atoms. The Morgan fingerprint density at radius 1 is 1.23 bits per heavy atom. The lowest BCUT2D eigenvalue weighted by atomic mass is 9.87. The summed E-state index contributed by atoms with van der Waals surface area (Å²) in [6.45, 7) is 7.67. The molecule has 4 atom stereocenters. The summed E-state index contributed by atoms with van der Waals surface area (Å²) in [5.41, 5.74) is 1.86. The largest absolute Gasteiger partial charge is 0.493 e. The summed E-state index contributed by atoms with van der Waals surface area (Å²) < 4.78 is 10.8. The maximum absolute atomic E-state index is 13.1. The smallest absolute Gasteiger partial charge is 0.326 e. The van der Waals surface area contributed by atoms with Crippen LogP contribution in [0.25, 0.3) is 0 Å². The Bertz CT molecular complexity index is 825. The highest BCUT2D eigenvalue weighted by molar-refractivity contribution is 5.92. The summed E-state index contributed by atoms with van der Waals surface area (Å²) in [6, 6.07) is 1.76. The normalized spacial score (nSPS) is 21.1. The fourth-order valence-electron chi connectivity index (χ4n) is 4.28. The van der Waals surface area contributed by atoms with E-state index < -0.39 is 24.0 Å². The van der Waals surface area contributed by atoms with Crippen molar-refractivity contribution < 1.29 is 29.0 Å². The van der Waals surface area contributed by atoms with Crippen LogP contribution in [0, 0.1) is 5.92 Å². The van der Waals surface area contributed by atoms with Gasteiger partial charge in [-0.05, 0) is 35.6 Å². The number of nitrogens with one attached hydrogen (secondary N) is 1. The summed E-state index contributed by atoms with van der Waals surface area (Å²) in [4.78, 5) is 38.9. The molecule has 2 aliphatic rings. The predicted octanol–water partition coefficient (Wildman–Crippen LogP) is 2.93. The Balaban J connectivity index is 0.00000166. The number of carbonyl (C=O) groups is 3. The number of benzene rings is 1. The molecule has 2 amide bonds. The third kappa shape index (κ3) is 4.78. The molecule has 1 fully saturated rings. The lowest BCUT2D eigenvalue weighted by Crippen LogP contribution is -2.56. The topological polar surface area (TPSA) is 105 Å². The number of nitrogens with zero attached hydrogens (tertiary/aromatic N) is 1. The van der Waals surface area contributed by atoms with Gasteiger partial charge in [0.2, 0.25) is 11.8 Å². The summed E-state index contributed by atoms with van der Waals surface area (Å²) >= 11 is 0. The quantitative estimate of drug-likeness (QED) is 0.684. The summed E-state index contributed by atoms with van der Waals surface area (Å²) in [6.07, 6.45) is 1.89. The number of hydrogen-bond donors (Lipinski definition) is 2. The molecular formula is C23H34N2O6. The zero-order chi connectivity index (χ0) is 23.3. The number of carboxylic acids is 1. The highest BCUT2D eigenvalue weighted by Gasteiger charge is 2.45. The third-order valence-corrected chi connectivity index (χ3v) is 6.09. The van der Waals surface area contributed by atoms with E-state index in [2.05, 4.69) is 5.32 Å². The number of hydrogen-bond acceptors (Lipinski definition) is 5. The molecule has 0 unspecified atom stereocenters. The van der Waals surface area contributed by atoms with Crippen molar-refractivity contribution in [2.75, 3.05) is 14.2 Å². The molecule has 0 saturated carbocycles. The first kappa shape index (κ1) is 24.5. The number of rotatable bonds is 7. The van der Waals surface area contributed by atoms with E-state index in [1.807, 2.05) is 32.9 Å². The van der Waals surface area contributed by atoms with E-state index in [-0.39, 0.29) is 17.9 Å². The van der Waals surface area contributed by atoms with Gasteiger partial charge in [-0.25, -0.2) is 4.79 Å². The number of fused-ring (bicyclic) bond motifs is 3. The van der Waals surface area contributed by atoms with Gasteiger partial charge in [-0.2, -0.15) is 0 Å². The van der Waals surface area contributed by atoms with Gasteiger partial charge in [0.25, 0.3) is 0 Å². The Labute approximate surface area is 183 Å². The molecule has 0 aliphatic carbocycles. The van der Waals surface area contributed by atoms with E-state index >= 15 is 0 Å². The zero-order valence-electron chi connectivity index (χ0n) is 19.2. The fraction of sp³-hybridized carbons (Fsp3) is 0.609. The summed E-state index contributed by atoms with van der Waals surface area (Å²) in [5, 5.41) is 12.2. The summed E-state index contributed by atoms with van der Waals surface area (Å²) in [5.74, 6) is -0.673. The van der Waals surface area contributed by atoms with Crippen LogP contribution >= 0.6 is 0 Å². The number of amides is 2. The van der Waals surface area contributed by atoms with Gasteiger partial charge in [-0.3, -0.25) is 9.59 Å². The van der Waals surface area contributed by atoms with Crippen LogP contribution in [-0.4, -0.2) is 54.1 Å². The van der Waals surface area contributed by atoms with Gasteiger partial charge in [0.05, 0.1) is 20.3 Å². The van der Waals surface area contributed by atoms with Gasteiger partial charge < -0.3 is 24.8 Å². The molecule has 0 radical (unpaired) electrons. The number of aliphatic carboxylic acids is 1. The first-order chi connectivity index (χ1) is 14.8. The van der Waals surface area contributed by atoms with Gasteiger partial charge in [0.1, 0.15) is 12.1 Å². The summed E-state index contributed by atoms with van der Waals surface area (Å²) in [7, 11) is 3.11. The van der Waals surface area contributed by atoms with Crippen LogP contribution in [0.5, 0.6) is 11.5 Å². The number of carboxylic acid groups (broad SMARTS) is 1. The lowest BCUT2D eigenvalue weighted by Gasteiger charge is -2.39. The van der Waals surface area contributed by atoms with Crippen molar-refractivity contribution >= 4 is 17.8 Å². The van der Waals surface area contributed by atoms with Crippen LogP contribution < -0.4 is 14.8 Å². The van der Waals surface area contributed by atoms with E-state index in [9.17, 15) is 19.5 Å². The maximum atomic E-state index is 13.1. The van der Waals surface area contributed by atoms with Crippen molar-refractivity contribution in [3.8, 4) is 11.5 Å². The van der Waals surface area contributed by atoms with Crippen molar-refractivity contribution in [2.24, 2.45) is 5.92 Å². The second kappa shape index (κ2) is 10.5. The highest BCUT2D eigenvalue weighted by atomic mass is 16.5. The van der Waals surface area contributed by atoms with Crippen LogP contribution in [0.3, 0.4) is 0 Å². The van der Waals surface area contributed by atoms with Gasteiger partial charge in [-0.15, -0.1) is 0 Å². The molecule has 2 N–H and O–H groups in total. The van der Waals surface area contributed by atoms with E-state index in [0.29, 0.717) is 37.2 Å². The third-order valence-electron chi connectivity index (χ3n) is 6.09. The molecule has 1 aromatic carbocycles. The minimum atomic E-state index is -1.07. The molecule has 2 aliphatic heterocycles. The number of methoxy groups -OCH3 is 2. The Morgan fingerprint density at radius 3 is 2.39 bits per heavy atom. The van der Waals surface area contributed by atoms with Gasteiger partial charge in [0, 0.05) is 12.8 Å². The monoisotopic (exact) mass is 434 g/mol. The van der Waals surface area contributed by atoms with E-state index in [4.69, 9.17) is 9.47 Å². The highest BCUT2D eigenvalue weighted by Crippen LogP contribution is 2.44. The molecule has 0 aromatic heterocycles. The second-order valence-electron chi connectivity index (χ2n) is 7.69. The van der Waals surface area contributed by atoms with Crippen LogP contribution in [-0.2, 0) is 20.8 Å². The number of carbonyl (C=O) groups excluding carboxylic acids is 2. The molecule has 172 valence electrons. The lowest BCUT2D eigenvalue weighted by molar-refractivity contribution is -0.146. The molecule has 3 rings (SSSR count). The Hall–Kier alpha value is -2.77. The molecule has 31 heavy (non-hydrogen) atoms. The predicted molar refractivity (Wildman–Crippen MR) is 116 cm³/mol. The Morgan fingerprint density at radius 2 is 1.84 bits per heavy atom. The van der Waals surface area contributed by atoms with Crippen LogP contribution in [0.4, 0.5) is 0 Å². The molecular weight excluding hydrogens is 400 g/mol. The first-order valence-corrected chi connectivity index (χ1v) is 10.9. The van der Waals surface area contributed by atoms with Gasteiger partial charge >= 0.3 is 5.97 Å². The maximum Gasteiger partial charge on any atom is 0.326 e. The standard InChI is InChI=1S/C21H28N2O6.C2H6/c1-5-11(2)19(21(26)27)22-20(25)15-8-12-9-16(28-3)17(29-4)10-13(12)14-6-7-18(24)23(14)15;1-2/h9-11,14-15,19H,5-8H2,1-4H3,(H,22,25)(H,26,27);1-2H3/t11-,14+,15-,19-;/m0./s1. The van der Waals surface area contributed by atoms with E-state index in [1.54, 1.807) is 26.0 Å². The minimum Gasteiger partial charge on any atom is -0.493 e. The molecule has 1 aromatic rings. The molecule has 2 heterocycles. The average molecular weight is 435 g/mol. The molecule has 8 nitrogen and oxygen atoms in total. The minimum absolute atomic E-state index is 0.0917. The molecule has 1 saturated heterocycles. The first-order valence-electron chi connectivity index (χ1n) is 10.9. The Kier molecular flexibility index (Phi) is 8.30. The SMILES string of the molecule is CC.CC[C@H](C)[C@H](NC(=O)[C@@H]1Cc2cc(OC)c(OC)cc2[C@H]2CCC(=O)N21)C(=O)O. The number of ether oxygens (including phenoxy) is 2. The van der Waals surface area contributed by atoms with E-state index in [1.165, 1.54) is 0 Å². The van der Waals surface area contributed by atoms with Crippen LogP contribution in [0.15, 0.2) is 12.1 Å². The fourth-order valence-corrected chi connectivity index (χ4v) is 4.28. The second-order valence-corrected chi connectivity index (χ2v) is 7.69. The molecule has 0 spiro atoms. The zero-order valence-corrected chi connectivity index (χ0v) is 19.2. The van der Waals surface area contributed by atoms with Crippen molar-refractivity contribution in [3.63, 3.8) is 0 Å². The van der Waals surface area contributed by atoms with Crippen LogP contribution in [0.2, 0.25) is 0 Å². The molecule has 8 heteroatoms. The van der Waals surface area contributed by atoms with Crippen molar-refractivity contribution in [2.45, 2.75) is 71.5 Å². The van der Waals surface area contributed by atoms with Crippen molar-refractivity contribution in [1.82, 2.24) is 10.2 Å².